The van der Waals surface area contributed by atoms with Crippen LogP contribution in [0.25, 0.3) is 10.1 Å². The van der Waals surface area contributed by atoms with Gasteiger partial charge in [0.25, 0.3) is 0 Å². The molecular weight excluding hydrogens is 351 g/mol. The number of anilines is 1. The van der Waals surface area contributed by atoms with E-state index in [1.807, 2.05) is 12.1 Å². The number of fused-ring (bicyclic) bond motifs is 2. The number of halogens is 1. The molecular formula is C20H17FN2O2S. The fourth-order valence-corrected chi connectivity index (χ4v) is 4.34. The Kier molecular flexibility index (Phi) is 4.42. The summed E-state index contributed by atoms with van der Waals surface area (Å²) in [4.78, 5) is 24.4. The van der Waals surface area contributed by atoms with E-state index in [2.05, 4.69) is 28.1 Å². The summed E-state index contributed by atoms with van der Waals surface area (Å²) >= 11 is 1.69. The first kappa shape index (κ1) is 16.7. The third-order valence-electron chi connectivity index (χ3n) is 4.63. The van der Waals surface area contributed by atoms with Gasteiger partial charge in [-0.05, 0) is 46.5 Å². The zero-order chi connectivity index (χ0) is 18.1. The van der Waals surface area contributed by atoms with Crippen LogP contribution < -0.4 is 10.6 Å². The van der Waals surface area contributed by atoms with Gasteiger partial charge in [0.1, 0.15) is 5.82 Å². The molecule has 1 aliphatic heterocycles. The molecule has 0 aliphatic carbocycles. The van der Waals surface area contributed by atoms with Gasteiger partial charge in [0.05, 0.1) is 5.92 Å². The maximum absolute atomic E-state index is 13.4. The quantitative estimate of drug-likeness (QED) is 0.735. The molecule has 0 fully saturated rings. The zero-order valence-electron chi connectivity index (χ0n) is 13.9. The van der Waals surface area contributed by atoms with E-state index in [9.17, 15) is 14.0 Å². The number of hydrogen-bond acceptors (Lipinski definition) is 3. The van der Waals surface area contributed by atoms with E-state index in [0.29, 0.717) is 17.8 Å². The van der Waals surface area contributed by atoms with Crippen LogP contribution in [0.4, 0.5) is 10.1 Å². The molecule has 4 rings (SSSR count). The van der Waals surface area contributed by atoms with Crippen molar-refractivity contribution in [2.45, 2.75) is 18.8 Å². The largest absolute Gasteiger partial charge is 0.355 e. The molecule has 2 amide bonds. The highest BCUT2D eigenvalue weighted by Crippen LogP contribution is 2.33. The molecule has 0 bridgehead atoms. The lowest BCUT2D eigenvalue weighted by molar-refractivity contribution is -0.126. The lowest BCUT2D eigenvalue weighted by Crippen LogP contribution is -2.36. The van der Waals surface area contributed by atoms with Crippen LogP contribution in [-0.4, -0.2) is 18.4 Å². The van der Waals surface area contributed by atoms with E-state index >= 15 is 0 Å². The van der Waals surface area contributed by atoms with Gasteiger partial charge in [-0.25, -0.2) is 4.39 Å². The average Bonchev–Trinajstić information content (AvgIpc) is 3.04. The van der Waals surface area contributed by atoms with Crippen LogP contribution in [0.3, 0.4) is 0 Å². The number of nitrogens with one attached hydrogen (secondary N) is 2. The molecule has 0 radical (unpaired) electrons. The van der Waals surface area contributed by atoms with Gasteiger partial charge in [0.2, 0.25) is 11.8 Å². The number of benzene rings is 2. The molecule has 1 aliphatic rings. The third-order valence-corrected chi connectivity index (χ3v) is 5.64. The molecule has 26 heavy (non-hydrogen) atoms. The molecule has 3 aromatic rings. The summed E-state index contributed by atoms with van der Waals surface area (Å²) in [5.41, 5.74) is 2.24. The topological polar surface area (TPSA) is 58.2 Å². The molecule has 1 aromatic heterocycles. The summed E-state index contributed by atoms with van der Waals surface area (Å²) in [6.07, 6.45) is 0.802. The average molecular weight is 368 g/mol. The van der Waals surface area contributed by atoms with Crippen molar-refractivity contribution in [3.63, 3.8) is 0 Å². The molecule has 2 heterocycles. The smallest absolute Gasteiger partial charge is 0.228 e. The summed E-state index contributed by atoms with van der Waals surface area (Å²) in [6, 6.07) is 12.3. The maximum atomic E-state index is 13.4. The molecule has 132 valence electrons. The predicted octanol–water partition coefficient (Wildman–Crippen LogP) is 3.83. The lowest BCUT2D eigenvalue weighted by atomic mass is 9.89. The maximum Gasteiger partial charge on any atom is 0.228 e. The monoisotopic (exact) mass is 368 g/mol. The minimum atomic E-state index is -0.585. The van der Waals surface area contributed by atoms with Gasteiger partial charge >= 0.3 is 0 Å². The summed E-state index contributed by atoms with van der Waals surface area (Å²) in [5.74, 6) is -1.49. The zero-order valence-corrected chi connectivity index (χ0v) is 14.7. The van der Waals surface area contributed by atoms with Crippen LogP contribution >= 0.6 is 11.3 Å². The summed E-state index contributed by atoms with van der Waals surface area (Å²) in [5, 5.41) is 8.88. The number of amides is 2. The molecule has 0 saturated carbocycles. The van der Waals surface area contributed by atoms with E-state index in [1.54, 1.807) is 17.4 Å². The predicted molar refractivity (Wildman–Crippen MR) is 101 cm³/mol. The highest BCUT2D eigenvalue weighted by molar-refractivity contribution is 7.17. The van der Waals surface area contributed by atoms with E-state index in [0.717, 1.165) is 6.42 Å². The van der Waals surface area contributed by atoms with Crippen LogP contribution in [0.1, 0.15) is 23.5 Å². The van der Waals surface area contributed by atoms with Gasteiger partial charge in [-0.2, -0.15) is 0 Å². The Hall–Kier alpha value is -2.73. The van der Waals surface area contributed by atoms with Crippen LogP contribution in [-0.2, 0) is 16.0 Å². The van der Waals surface area contributed by atoms with Crippen molar-refractivity contribution < 1.29 is 14.0 Å². The molecule has 0 spiro atoms. The van der Waals surface area contributed by atoms with Gasteiger partial charge in [-0.15, -0.1) is 11.3 Å². The first-order valence-electron chi connectivity index (χ1n) is 8.44. The number of hydrogen-bond donors (Lipinski definition) is 2. The second kappa shape index (κ2) is 6.88. The lowest BCUT2D eigenvalue weighted by Gasteiger charge is -2.24. The second-order valence-electron chi connectivity index (χ2n) is 6.33. The van der Waals surface area contributed by atoms with E-state index < -0.39 is 11.7 Å². The summed E-state index contributed by atoms with van der Waals surface area (Å²) in [6.45, 7) is 0.494. The first-order valence-corrected chi connectivity index (χ1v) is 9.32. The second-order valence-corrected chi connectivity index (χ2v) is 7.25. The number of thiophene rings is 1. The van der Waals surface area contributed by atoms with Crippen molar-refractivity contribution >= 4 is 38.9 Å². The van der Waals surface area contributed by atoms with E-state index in [4.69, 9.17) is 0 Å². The molecule has 1 atom stereocenters. The van der Waals surface area contributed by atoms with Crippen LogP contribution in [0.2, 0.25) is 0 Å². The Morgan fingerprint density at radius 2 is 2.12 bits per heavy atom. The summed E-state index contributed by atoms with van der Waals surface area (Å²) in [7, 11) is 0. The van der Waals surface area contributed by atoms with Gasteiger partial charge in [0.15, 0.2) is 0 Å². The Labute approximate surface area is 154 Å². The Morgan fingerprint density at radius 3 is 3.00 bits per heavy atom. The van der Waals surface area contributed by atoms with Crippen molar-refractivity contribution in [3.05, 3.63) is 64.8 Å². The highest BCUT2D eigenvalue weighted by atomic mass is 32.1. The Morgan fingerprint density at radius 1 is 1.27 bits per heavy atom. The van der Waals surface area contributed by atoms with Crippen molar-refractivity contribution in [3.8, 4) is 0 Å². The molecule has 2 N–H and O–H groups in total. The van der Waals surface area contributed by atoms with Gasteiger partial charge in [-0.1, -0.05) is 24.3 Å². The van der Waals surface area contributed by atoms with Crippen LogP contribution in [0.5, 0.6) is 0 Å². The molecule has 4 nitrogen and oxygen atoms in total. The standard InChI is InChI=1S/C20H17FN2O2S/c21-13-5-6-15-16(10-19(24)23-17(15)9-13)20(25)22-8-7-12-11-26-18-4-2-1-3-14(12)18/h1-6,9,11,16H,7-8,10H2,(H,22,25)(H,23,24). The first-order chi connectivity index (χ1) is 12.6. The minimum Gasteiger partial charge on any atom is -0.355 e. The van der Waals surface area contributed by atoms with Gasteiger partial charge in [0, 0.05) is 23.4 Å². The Balaban J connectivity index is 1.45. The van der Waals surface area contributed by atoms with E-state index in [1.165, 1.54) is 27.8 Å². The van der Waals surface area contributed by atoms with Crippen molar-refractivity contribution in [1.29, 1.82) is 0 Å². The van der Waals surface area contributed by atoms with Gasteiger partial charge in [-0.3, -0.25) is 9.59 Å². The van der Waals surface area contributed by atoms with Crippen molar-refractivity contribution in [2.24, 2.45) is 0 Å². The Bertz CT molecular complexity index is 998. The van der Waals surface area contributed by atoms with Gasteiger partial charge < -0.3 is 10.6 Å². The SMILES string of the molecule is O=C1CC(C(=O)NCCc2csc3ccccc23)c2ccc(F)cc2N1. The normalized spacial score (nSPS) is 16.2. The summed E-state index contributed by atoms with van der Waals surface area (Å²) < 4.78 is 14.6. The molecule has 2 aromatic carbocycles. The van der Waals surface area contributed by atoms with Crippen LogP contribution in [0.15, 0.2) is 47.8 Å². The molecule has 6 heteroatoms. The fourth-order valence-electron chi connectivity index (χ4n) is 3.34. The third kappa shape index (κ3) is 3.20. The minimum absolute atomic E-state index is 0.0752. The number of carbonyl (C=O) groups excluding carboxylic acids is 2. The number of carbonyl (C=O) groups is 2. The van der Waals surface area contributed by atoms with E-state index in [-0.39, 0.29) is 18.2 Å². The molecule has 1 unspecified atom stereocenters. The highest BCUT2D eigenvalue weighted by Gasteiger charge is 2.30. The van der Waals surface area contributed by atoms with Crippen molar-refractivity contribution in [1.82, 2.24) is 5.32 Å². The van der Waals surface area contributed by atoms with Crippen LogP contribution in [0, 0.1) is 5.82 Å². The number of rotatable bonds is 4. The fraction of sp³-hybridized carbons (Fsp3) is 0.200. The van der Waals surface area contributed by atoms with Crippen molar-refractivity contribution in [2.75, 3.05) is 11.9 Å². The molecule has 0 saturated heterocycles.